The molecule has 1 saturated heterocycles. The molecule has 114 valence electrons. The highest BCUT2D eigenvalue weighted by atomic mass is 19.1. The van der Waals surface area contributed by atoms with Gasteiger partial charge in [-0.25, -0.2) is 9.18 Å². The second-order valence-corrected chi connectivity index (χ2v) is 5.31. The molecule has 0 spiro atoms. The summed E-state index contributed by atoms with van der Waals surface area (Å²) in [4.78, 5) is 25.2. The van der Waals surface area contributed by atoms with Crippen LogP contribution >= 0.6 is 0 Å². The number of hydrogen-bond donors (Lipinski definition) is 2. The van der Waals surface area contributed by atoms with Crippen molar-refractivity contribution in [2.75, 3.05) is 11.4 Å². The van der Waals surface area contributed by atoms with Crippen LogP contribution in [0.25, 0.3) is 0 Å². The molecule has 0 saturated carbocycles. The van der Waals surface area contributed by atoms with E-state index in [1.54, 1.807) is 12.1 Å². The summed E-state index contributed by atoms with van der Waals surface area (Å²) in [6.45, 7) is 4.25. The molecule has 0 aliphatic carbocycles. The van der Waals surface area contributed by atoms with Crippen molar-refractivity contribution in [2.24, 2.45) is 0 Å². The standard InChI is InChI=1S/C15H20FN3O2/c1-3-10(2)17-15(21)18-12-8-14(20)19(9-12)13-6-4-5-11(16)7-13/h4-7,10,12H,3,8-9H2,1-2H3,(H2,17,18,21)/t10-,12-/m1/s1. The van der Waals surface area contributed by atoms with Crippen LogP contribution in [0.2, 0.25) is 0 Å². The van der Waals surface area contributed by atoms with Crippen LogP contribution in [0.4, 0.5) is 14.9 Å². The number of halogens is 1. The molecule has 2 atom stereocenters. The molecule has 21 heavy (non-hydrogen) atoms. The van der Waals surface area contributed by atoms with Crippen LogP contribution in [0, 0.1) is 5.82 Å². The number of nitrogens with one attached hydrogen (secondary N) is 2. The Bertz CT molecular complexity index is 535. The molecule has 1 aliphatic heterocycles. The zero-order valence-corrected chi connectivity index (χ0v) is 12.2. The van der Waals surface area contributed by atoms with E-state index in [-0.39, 0.29) is 36.3 Å². The van der Waals surface area contributed by atoms with Gasteiger partial charge in [0.2, 0.25) is 5.91 Å². The van der Waals surface area contributed by atoms with E-state index in [4.69, 9.17) is 0 Å². The Balaban J connectivity index is 1.95. The van der Waals surface area contributed by atoms with Crippen LogP contribution in [0.1, 0.15) is 26.7 Å². The summed E-state index contributed by atoms with van der Waals surface area (Å²) in [6.07, 6.45) is 1.07. The highest BCUT2D eigenvalue weighted by Crippen LogP contribution is 2.22. The van der Waals surface area contributed by atoms with E-state index in [2.05, 4.69) is 10.6 Å². The first-order chi connectivity index (χ1) is 9.99. The van der Waals surface area contributed by atoms with E-state index < -0.39 is 0 Å². The van der Waals surface area contributed by atoms with E-state index in [9.17, 15) is 14.0 Å². The van der Waals surface area contributed by atoms with Crippen LogP contribution in [0.5, 0.6) is 0 Å². The first-order valence-electron chi connectivity index (χ1n) is 7.12. The Labute approximate surface area is 123 Å². The Morgan fingerprint density at radius 3 is 2.95 bits per heavy atom. The van der Waals surface area contributed by atoms with Gasteiger partial charge in [0.05, 0.1) is 6.04 Å². The molecule has 1 aromatic carbocycles. The first-order valence-corrected chi connectivity index (χ1v) is 7.12. The number of anilines is 1. The molecular weight excluding hydrogens is 273 g/mol. The summed E-state index contributed by atoms with van der Waals surface area (Å²) in [5.41, 5.74) is 0.520. The van der Waals surface area contributed by atoms with Crippen molar-refractivity contribution in [2.45, 2.75) is 38.8 Å². The van der Waals surface area contributed by atoms with E-state index >= 15 is 0 Å². The fourth-order valence-electron chi connectivity index (χ4n) is 2.25. The molecule has 0 unspecified atom stereocenters. The van der Waals surface area contributed by atoms with Crippen LogP contribution in [-0.4, -0.2) is 30.6 Å². The summed E-state index contributed by atoms with van der Waals surface area (Å²) in [5, 5.41) is 5.58. The Hall–Kier alpha value is -2.11. The van der Waals surface area contributed by atoms with E-state index in [0.717, 1.165) is 6.42 Å². The molecule has 6 heteroatoms. The average Bonchev–Trinajstić information content (AvgIpc) is 2.79. The maximum atomic E-state index is 13.2. The molecule has 0 aromatic heterocycles. The Morgan fingerprint density at radius 1 is 1.52 bits per heavy atom. The number of carbonyl (C=O) groups is 2. The molecule has 1 aromatic rings. The van der Waals surface area contributed by atoms with Crippen molar-refractivity contribution in [1.82, 2.24) is 10.6 Å². The van der Waals surface area contributed by atoms with Crippen LogP contribution in [0.15, 0.2) is 24.3 Å². The van der Waals surface area contributed by atoms with Gasteiger partial charge in [0.15, 0.2) is 0 Å². The molecule has 0 bridgehead atoms. The number of amides is 3. The van der Waals surface area contributed by atoms with Gasteiger partial charge in [-0.05, 0) is 31.5 Å². The largest absolute Gasteiger partial charge is 0.336 e. The fraction of sp³-hybridized carbons (Fsp3) is 0.467. The predicted octanol–water partition coefficient (Wildman–Crippen LogP) is 2.03. The van der Waals surface area contributed by atoms with Gasteiger partial charge < -0.3 is 15.5 Å². The van der Waals surface area contributed by atoms with Crippen molar-refractivity contribution in [1.29, 1.82) is 0 Å². The molecular formula is C15H20FN3O2. The highest BCUT2D eigenvalue weighted by molar-refractivity contribution is 5.96. The second kappa shape index (κ2) is 6.56. The van der Waals surface area contributed by atoms with Gasteiger partial charge in [-0.15, -0.1) is 0 Å². The lowest BCUT2D eigenvalue weighted by molar-refractivity contribution is -0.117. The summed E-state index contributed by atoms with van der Waals surface area (Å²) in [6, 6.07) is 5.45. The van der Waals surface area contributed by atoms with Gasteiger partial charge in [-0.2, -0.15) is 0 Å². The third-order valence-corrected chi connectivity index (χ3v) is 3.57. The highest BCUT2D eigenvalue weighted by Gasteiger charge is 2.31. The molecule has 2 N–H and O–H groups in total. The zero-order chi connectivity index (χ0) is 15.4. The minimum atomic E-state index is -0.383. The third-order valence-electron chi connectivity index (χ3n) is 3.57. The number of nitrogens with zero attached hydrogens (tertiary/aromatic N) is 1. The van der Waals surface area contributed by atoms with Gasteiger partial charge in [0.1, 0.15) is 5.82 Å². The van der Waals surface area contributed by atoms with Crippen LogP contribution in [-0.2, 0) is 4.79 Å². The van der Waals surface area contributed by atoms with E-state index in [0.29, 0.717) is 12.2 Å². The van der Waals surface area contributed by atoms with Crippen molar-refractivity contribution in [3.05, 3.63) is 30.1 Å². The average molecular weight is 293 g/mol. The maximum absolute atomic E-state index is 13.2. The molecule has 1 heterocycles. The lowest BCUT2D eigenvalue weighted by atomic mass is 10.2. The smallest absolute Gasteiger partial charge is 0.315 e. The van der Waals surface area contributed by atoms with Gasteiger partial charge in [0, 0.05) is 24.7 Å². The Morgan fingerprint density at radius 2 is 2.29 bits per heavy atom. The van der Waals surface area contributed by atoms with Gasteiger partial charge in [0.25, 0.3) is 0 Å². The molecule has 1 fully saturated rings. The Kier molecular flexibility index (Phi) is 4.77. The molecule has 2 rings (SSSR count). The van der Waals surface area contributed by atoms with E-state index in [1.807, 2.05) is 13.8 Å². The van der Waals surface area contributed by atoms with Gasteiger partial charge >= 0.3 is 6.03 Å². The minimum Gasteiger partial charge on any atom is -0.336 e. The molecule has 3 amide bonds. The van der Waals surface area contributed by atoms with Crippen LogP contribution < -0.4 is 15.5 Å². The summed E-state index contributed by atoms with van der Waals surface area (Å²) in [7, 11) is 0. The topological polar surface area (TPSA) is 61.4 Å². The SMILES string of the molecule is CC[C@@H](C)NC(=O)N[C@@H]1CC(=O)N(c2cccc(F)c2)C1. The van der Waals surface area contributed by atoms with Crippen molar-refractivity contribution >= 4 is 17.6 Å². The normalized spacial score (nSPS) is 19.5. The third kappa shape index (κ3) is 3.93. The number of benzene rings is 1. The summed E-state index contributed by atoms with van der Waals surface area (Å²) >= 11 is 0. The lowest BCUT2D eigenvalue weighted by Crippen LogP contribution is -2.46. The number of rotatable bonds is 4. The predicted molar refractivity (Wildman–Crippen MR) is 78.6 cm³/mol. The van der Waals surface area contributed by atoms with Crippen molar-refractivity contribution in [3.63, 3.8) is 0 Å². The summed E-state index contributed by atoms with van der Waals surface area (Å²) < 4.78 is 13.2. The zero-order valence-electron chi connectivity index (χ0n) is 12.2. The number of carbonyl (C=O) groups excluding carboxylic acids is 2. The maximum Gasteiger partial charge on any atom is 0.315 e. The summed E-state index contributed by atoms with van der Waals surface area (Å²) in [5.74, 6) is -0.499. The van der Waals surface area contributed by atoms with Crippen LogP contribution in [0.3, 0.4) is 0 Å². The first kappa shape index (κ1) is 15.3. The van der Waals surface area contributed by atoms with Gasteiger partial charge in [-0.3, -0.25) is 4.79 Å². The molecule has 1 aliphatic rings. The minimum absolute atomic E-state index is 0.0847. The molecule has 0 radical (unpaired) electrons. The van der Waals surface area contributed by atoms with Crippen molar-refractivity contribution in [3.8, 4) is 0 Å². The van der Waals surface area contributed by atoms with Crippen molar-refractivity contribution < 1.29 is 14.0 Å². The fourth-order valence-corrected chi connectivity index (χ4v) is 2.25. The van der Waals surface area contributed by atoms with E-state index in [1.165, 1.54) is 17.0 Å². The monoisotopic (exact) mass is 293 g/mol. The number of urea groups is 1. The molecule has 5 nitrogen and oxygen atoms in total. The lowest BCUT2D eigenvalue weighted by Gasteiger charge is -2.18. The second-order valence-electron chi connectivity index (χ2n) is 5.31. The van der Waals surface area contributed by atoms with Gasteiger partial charge in [-0.1, -0.05) is 13.0 Å². The quantitative estimate of drug-likeness (QED) is 0.892. The number of hydrogen-bond acceptors (Lipinski definition) is 2.